The summed E-state index contributed by atoms with van der Waals surface area (Å²) in [6.07, 6.45) is 7.30. The second kappa shape index (κ2) is 10.1. The molecule has 3 rings (SSSR count). The van der Waals surface area contributed by atoms with Gasteiger partial charge < -0.3 is 15.6 Å². The van der Waals surface area contributed by atoms with Gasteiger partial charge in [-0.15, -0.1) is 24.0 Å². The molecule has 0 bridgehead atoms. The van der Waals surface area contributed by atoms with Crippen molar-refractivity contribution in [2.75, 3.05) is 20.1 Å². The van der Waals surface area contributed by atoms with E-state index in [0.29, 0.717) is 0 Å². The number of hydrogen-bond acceptors (Lipinski definition) is 2. The molecule has 0 aliphatic rings. The molecule has 0 aliphatic heterocycles. The average molecular weight is 467 g/mol. The molecule has 0 aliphatic carbocycles. The maximum Gasteiger partial charge on any atom is 0.190 e. The number of benzene rings is 1. The lowest BCUT2D eigenvalue weighted by molar-refractivity contribution is 0.629. The third-order valence-corrected chi connectivity index (χ3v) is 4.07. The van der Waals surface area contributed by atoms with Crippen molar-refractivity contribution < 1.29 is 4.39 Å². The molecule has 0 saturated carbocycles. The molecular formula is C19H23FIN5. The van der Waals surface area contributed by atoms with Crippen LogP contribution in [0.3, 0.4) is 0 Å². The quantitative estimate of drug-likeness (QED) is 0.296. The average Bonchev–Trinajstić information content (AvgIpc) is 3.03. The topological polar surface area (TPSA) is 65.1 Å². The predicted molar refractivity (Wildman–Crippen MR) is 115 cm³/mol. The highest BCUT2D eigenvalue weighted by Gasteiger charge is 2.05. The van der Waals surface area contributed by atoms with Crippen molar-refractivity contribution in [3.05, 3.63) is 65.9 Å². The van der Waals surface area contributed by atoms with Gasteiger partial charge in [-0.3, -0.25) is 9.98 Å². The van der Waals surface area contributed by atoms with Crippen LogP contribution < -0.4 is 10.6 Å². The molecule has 5 nitrogen and oxygen atoms in total. The molecule has 0 radical (unpaired) electrons. The van der Waals surface area contributed by atoms with Crippen molar-refractivity contribution in [1.82, 2.24) is 20.6 Å². The van der Waals surface area contributed by atoms with Crippen LogP contribution in [0.4, 0.5) is 4.39 Å². The lowest BCUT2D eigenvalue weighted by atomic mass is 10.1. The molecule has 26 heavy (non-hydrogen) atoms. The van der Waals surface area contributed by atoms with Crippen LogP contribution in [0, 0.1) is 5.82 Å². The van der Waals surface area contributed by atoms with Gasteiger partial charge >= 0.3 is 0 Å². The van der Waals surface area contributed by atoms with Crippen LogP contribution in [-0.4, -0.2) is 36.1 Å². The first-order chi connectivity index (χ1) is 12.3. The third-order valence-electron chi connectivity index (χ3n) is 4.07. The second-order valence-electron chi connectivity index (χ2n) is 5.79. The smallest absolute Gasteiger partial charge is 0.190 e. The van der Waals surface area contributed by atoms with E-state index in [1.165, 1.54) is 17.7 Å². The summed E-state index contributed by atoms with van der Waals surface area (Å²) < 4.78 is 13.2. The van der Waals surface area contributed by atoms with E-state index in [0.717, 1.165) is 48.4 Å². The van der Waals surface area contributed by atoms with Gasteiger partial charge in [-0.1, -0.05) is 6.07 Å². The van der Waals surface area contributed by atoms with E-state index < -0.39 is 0 Å². The summed E-state index contributed by atoms with van der Waals surface area (Å²) in [5.41, 5.74) is 3.18. The Morgan fingerprint density at radius 1 is 1.19 bits per heavy atom. The number of aromatic nitrogens is 2. The largest absolute Gasteiger partial charge is 0.361 e. The number of guanidine groups is 1. The Morgan fingerprint density at radius 2 is 2.00 bits per heavy atom. The van der Waals surface area contributed by atoms with Gasteiger partial charge in [-0.2, -0.15) is 0 Å². The molecule has 2 heterocycles. The summed E-state index contributed by atoms with van der Waals surface area (Å²) in [5.74, 6) is 0.548. The van der Waals surface area contributed by atoms with Gasteiger partial charge in [0.1, 0.15) is 5.82 Å². The molecular weight excluding hydrogens is 444 g/mol. The van der Waals surface area contributed by atoms with Gasteiger partial charge in [-0.25, -0.2) is 4.39 Å². The Kier molecular flexibility index (Phi) is 7.83. The highest BCUT2D eigenvalue weighted by molar-refractivity contribution is 14.0. The molecule has 3 aromatic rings. The second-order valence-corrected chi connectivity index (χ2v) is 5.79. The SMILES string of the molecule is CN=C(NCCc1cccnc1)NCCc1c[nH]c2cc(F)ccc12.I. The molecule has 1 aromatic carbocycles. The minimum absolute atomic E-state index is 0. The van der Waals surface area contributed by atoms with E-state index in [4.69, 9.17) is 0 Å². The number of fused-ring (bicyclic) bond motifs is 1. The van der Waals surface area contributed by atoms with Gasteiger partial charge in [0.25, 0.3) is 0 Å². The van der Waals surface area contributed by atoms with E-state index >= 15 is 0 Å². The monoisotopic (exact) mass is 467 g/mol. The zero-order chi connectivity index (χ0) is 17.5. The molecule has 138 valence electrons. The van der Waals surface area contributed by atoms with Crippen molar-refractivity contribution in [3.8, 4) is 0 Å². The Morgan fingerprint density at radius 3 is 2.73 bits per heavy atom. The highest BCUT2D eigenvalue weighted by atomic mass is 127. The lowest BCUT2D eigenvalue weighted by Gasteiger charge is -2.11. The summed E-state index contributed by atoms with van der Waals surface area (Å²) in [7, 11) is 1.76. The lowest BCUT2D eigenvalue weighted by Crippen LogP contribution is -2.39. The number of nitrogens with one attached hydrogen (secondary N) is 3. The van der Waals surface area contributed by atoms with Crippen molar-refractivity contribution in [3.63, 3.8) is 0 Å². The van der Waals surface area contributed by atoms with E-state index in [9.17, 15) is 4.39 Å². The number of aliphatic imine (C=N–C) groups is 1. The molecule has 0 saturated heterocycles. The summed E-state index contributed by atoms with van der Waals surface area (Å²) in [4.78, 5) is 11.5. The van der Waals surface area contributed by atoms with Gasteiger partial charge in [-0.05, 0) is 48.2 Å². The molecule has 0 amide bonds. The predicted octanol–water partition coefficient (Wildman–Crippen LogP) is 3.27. The van der Waals surface area contributed by atoms with Crippen molar-refractivity contribution >= 4 is 40.8 Å². The summed E-state index contributed by atoms with van der Waals surface area (Å²) in [6, 6.07) is 8.83. The molecule has 7 heteroatoms. The summed E-state index contributed by atoms with van der Waals surface area (Å²) in [6.45, 7) is 1.54. The molecule has 0 unspecified atom stereocenters. The fourth-order valence-electron chi connectivity index (χ4n) is 2.77. The first-order valence-corrected chi connectivity index (χ1v) is 8.35. The van der Waals surface area contributed by atoms with Gasteiger partial charge in [0.05, 0.1) is 0 Å². The molecule has 2 aromatic heterocycles. The van der Waals surface area contributed by atoms with Crippen LogP contribution in [0.25, 0.3) is 10.9 Å². The van der Waals surface area contributed by atoms with Crippen molar-refractivity contribution in [1.29, 1.82) is 0 Å². The first-order valence-electron chi connectivity index (χ1n) is 8.35. The number of H-pyrrole nitrogens is 1. The number of aromatic amines is 1. The number of nitrogens with zero attached hydrogens (tertiary/aromatic N) is 2. The van der Waals surface area contributed by atoms with Crippen molar-refractivity contribution in [2.45, 2.75) is 12.8 Å². The molecule has 0 atom stereocenters. The minimum atomic E-state index is -0.225. The molecule has 0 fully saturated rings. The number of pyridine rings is 1. The Hall–Kier alpha value is -2.16. The normalized spacial score (nSPS) is 11.2. The van der Waals surface area contributed by atoms with Gasteiger partial charge in [0.2, 0.25) is 0 Å². The van der Waals surface area contributed by atoms with Crippen LogP contribution in [0.1, 0.15) is 11.1 Å². The minimum Gasteiger partial charge on any atom is -0.361 e. The maximum atomic E-state index is 13.2. The van der Waals surface area contributed by atoms with E-state index in [-0.39, 0.29) is 29.8 Å². The Labute approximate surface area is 169 Å². The fraction of sp³-hybridized carbons (Fsp3) is 0.263. The Bertz CT molecular complexity index is 848. The zero-order valence-corrected chi connectivity index (χ0v) is 17.0. The summed E-state index contributed by atoms with van der Waals surface area (Å²) in [5, 5.41) is 7.66. The zero-order valence-electron chi connectivity index (χ0n) is 14.6. The Balaban J connectivity index is 0.00000243. The van der Waals surface area contributed by atoms with Gasteiger partial charge in [0.15, 0.2) is 5.96 Å². The number of hydrogen-bond donors (Lipinski definition) is 3. The number of rotatable bonds is 6. The van der Waals surface area contributed by atoms with Crippen LogP contribution >= 0.6 is 24.0 Å². The van der Waals surface area contributed by atoms with E-state index in [1.807, 2.05) is 24.5 Å². The fourth-order valence-corrected chi connectivity index (χ4v) is 2.77. The van der Waals surface area contributed by atoms with Crippen molar-refractivity contribution in [2.24, 2.45) is 4.99 Å². The van der Waals surface area contributed by atoms with Crippen LogP contribution in [0.15, 0.2) is 53.9 Å². The highest BCUT2D eigenvalue weighted by Crippen LogP contribution is 2.19. The molecule has 3 N–H and O–H groups in total. The van der Waals surface area contributed by atoms with E-state index in [2.05, 4.69) is 31.7 Å². The van der Waals surface area contributed by atoms with Crippen LogP contribution in [0.5, 0.6) is 0 Å². The molecule has 0 spiro atoms. The van der Waals surface area contributed by atoms with E-state index in [1.54, 1.807) is 13.2 Å². The maximum absolute atomic E-state index is 13.2. The number of halogens is 2. The third kappa shape index (κ3) is 5.42. The first kappa shape index (κ1) is 20.2. The van der Waals surface area contributed by atoms with Crippen LogP contribution in [-0.2, 0) is 12.8 Å². The summed E-state index contributed by atoms with van der Waals surface area (Å²) >= 11 is 0. The van der Waals surface area contributed by atoms with Gasteiger partial charge in [0, 0.05) is 49.6 Å². The standard InChI is InChI=1S/C19H22FN5.HI/c1-21-19(23-9-6-14-3-2-8-22-12-14)24-10-7-15-13-25-18-11-16(20)4-5-17(15)18;/h2-5,8,11-13,25H,6-7,9-10H2,1H3,(H2,21,23,24);1H. The van der Waals surface area contributed by atoms with Crippen LogP contribution in [0.2, 0.25) is 0 Å².